The molecule has 4 heterocycles. The summed E-state index contributed by atoms with van der Waals surface area (Å²) in [6.07, 6.45) is 6.88. The Morgan fingerprint density at radius 1 is 1.14 bits per heavy atom. The number of hydrogen-bond acceptors (Lipinski definition) is 6. The highest BCUT2D eigenvalue weighted by Crippen LogP contribution is 2.40. The largest absolute Gasteiger partial charge is 0.419 e. The highest BCUT2D eigenvalue weighted by atomic mass is 19.4. The number of carbonyl (C=O) groups excluding carboxylic acids is 1. The molecule has 10 heteroatoms. The van der Waals surface area contributed by atoms with Crippen LogP contribution in [0.5, 0.6) is 0 Å². The molecule has 0 bridgehead atoms. The lowest BCUT2D eigenvalue weighted by Gasteiger charge is -2.33. The van der Waals surface area contributed by atoms with Crippen LogP contribution in [0.25, 0.3) is 0 Å². The summed E-state index contributed by atoms with van der Waals surface area (Å²) in [7, 11) is 0. The third kappa shape index (κ3) is 5.49. The first-order chi connectivity index (χ1) is 16.9. The molecule has 7 nitrogen and oxygen atoms in total. The zero-order chi connectivity index (χ0) is 24.4. The number of hydrazine groups is 1. The van der Waals surface area contributed by atoms with Gasteiger partial charge in [0.25, 0.3) is 0 Å². The second-order valence-corrected chi connectivity index (χ2v) is 9.90. The van der Waals surface area contributed by atoms with E-state index < -0.39 is 29.5 Å². The van der Waals surface area contributed by atoms with E-state index in [1.54, 1.807) is 0 Å². The molecular weight excluding hydrogens is 457 g/mol. The van der Waals surface area contributed by atoms with Crippen LogP contribution in [-0.2, 0) is 17.5 Å². The molecule has 3 fully saturated rings. The normalized spacial score (nSPS) is 27.4. The summed E-state index contributed by atoms with van der Waals surface area (Å²) >= 11 is 0. The molecule has 1 amide bonds. The number of rotatable bonds is 5. The molecule has 2 aliphatic heterocycles. The first-order valence-corrected chi connectivity index (χ1v) is 12.4. The van der Waals surface area contributed by atoms with E-state index in [0.29, 0.717) is 0 Å². The number of fused-ring (bicyclic) bond motifs is 1. The van der Waals surface area contributed by atoms with Crippen LogP contribution in [0.2, 0.25) is 0 Å². The molecule has 35 heavy (non-hydrogen) atoms. The van der Waals surface area contributed by atoms with Crippen molar-refractivity contribution in [1.29, 1.82) is 0 Å². The zero-order valence-corrected chi connectivity index (χ0v) is 19.5. The average Bonchev–Trinajstić information content (AvgIpc) is 3.28. The number of alkyl halides is 3. The van der Waals surface area contributed by atoms with Crippen molar-refractivity contribution in [2.24, 2.45) is 5.92 Å². The van der Waals surface area contributed by atoms with Crippen LogP contribution in [-0.4, -0.2) is 45.9 Å². The average molecular weight is 489 g/mol. The van der Waals surface area contributed by atoms with Gasteiger partial charge in [0.15, 0.2) is 0 Å². The molecule has 0 aromatic carbocycles. The Hall–Kier alpha value is -2.56. The summed E-state index contributed by atoms with van der Waals surface area (Å²) in [4.78, 5) is 23.8. The molecule has 1 saturated carbocycles. The SMILES string of the molecule is O=C(Nc1ncccc1C(F)(F)F)C1NNC2CCC(c3cncc(CN4CCCCC4)c3)CC21. The summed E-state index contributed by atoms with van der Waals surface area (Å²) in [6, 6.07) is 3.82. The van der Waals surface area contributed by atoms with E-state index in [1.807, 2.05) is 12.4 Å². The van der Waals surface area contributed by atoms with E-state index in [4.69, 9.17) is 0 Å². The standard InChI is InChI=1S/C25H31F3N6O/c26-25(27,28)20-5-4-8-30-23(20)31-24(35)22-19-12-17(6-7-21(19)32-33-22)18-11-16(13-29-14-18)15-34-9-2-1-3-10-34/h4-5,8,11,13-14,17,19,21-22,32-33H,1-3,6-7,9-10,12,15H2,(H,30,31,35). The molecular formula is C25H31F3N6O. The third-order valence-corrected chi connectivity index (χ3v) is 7.53. The fourth-order valence-electron chi connectivity index (χ4n) is 5.74. The Kier molecular flexibility index (Phi) is 7.04. The predicted octanol–water partition coefficient (Wildman–Crippen LogP) is 3.85. The second kappa shape index (κ2) is 10.2. The number of nitrogens with zero attached hydrogens (tertiary/aromatic N) is 3. The van der Waals surface area contributed by atoms with E-state index in [-0.39, 0.29) is 17.9 Å². The van der Waals surface area contributed by atoms with Gasteiger partial charge in [-0.1, -0.05) is 12.5 Å². The topological polar surface area (TPSA) is 82.2 Å². The second-order valence-electron chi connectivity index (χ2n) is 9.90. The van der Waals surface area contributed by atoms with E-state index in [0.717, 1.165) is 45.0 Å². The molecule has 2 aromatic heterocycles. The number of nitrogens with one attached hydrogen (secondary N) is 3. The highest BCUT2D eigenvalue weighted by Gasteiger charge is 2.44. The number of piperidine rings is 1. The van der Waals surface area contributed by atoms with Crippen LogP contribution in [0.4, 0.5) is 19.0 Å². The molecule has 3 N–H and O–H groups in total. The van der Waals surface area contributed by atoms with Crippen molar-refractivity contribution in [1.82, 2.24) is 25.7 Å². The Morgan fingerprint density at radius 3 is 2.77 bits per heavy atom. The number of amides is 1. The molecule has 188 valence electrons. The van der Waals surface area contributed by atoms with Crippen molar-refractivity contribution < 1.29 is 18.0 Å². The predicted molar refractivity (Wildman–Crippen MR) is 125 cm³/mol. The van der Waals surface area contributed by atoms with Gasteiger partial charge in [0.05, 0.1) is 5.56 Å². The zero-order valence-electron chi connectivity index (χ0n) is 19.5. The van der Waals surface area contributed by atoms with Gasteiger partial charge in [0.1, 0.15) is 11.9 Å². The Morgan fingerprint density at radius 2 is 1.97 bits per heavy atom. The van der Waals surface area contributed by atoms with Gasteiger partial charge in [-0.25, -0.2) is 10.4 Å². The van der Waals surface area contributed by atoms with Crippen LogP contribution < -0.4 is 16.2 Å². The van der Waals surface area contributed by atoms with Crippen molar-refractivity contribution in [3.05, 3.63) is 53.5 Å². The lowest BCUT2D eigenvalue weighted by Crippen LogP contribution is -2.43. The van der Waals surface area contributed by atoms with Crippen molar-refractivity contribution in [3.63, 3.8) is 0 Å². The van der Waals surface area contributed by atoms with E-state index >= 15 is 0 Å². The number of aromatic nitrogens is 2. The molecule has 4 atom stereocenters. The number of hydrogen-bond donors (Lipinski definition) is 3. The number of anilines is 1. The fraction of sp³-hybridized carbons (Fsp3) is 0.560. The van der Waals surface area contributed by atoms with Crippen LogP contribution >= 0.6 is 0 Å². The number of halogens is 3. The van der Waals surface area contributed by atoms with Crippen LogP contribution in [0.1, 0.15) is 61.1 Å². The fourth-order valence-corrected chi connectivity index (χ4v) is 5.74. The maximum Gasteiger partial charge on any atom is 0.419 e. The van der Waals surface area contributed by atoms with E-state index in [9.17, 15) is 18.0 Å². The molecule has 3 aliphatic rings. The number of likely N-dealkylation sites (tertiary alicyclic amines) is 1. The first kappa shape index (κ1) is 24.1. The smallest absolute Gasteiger partial charge is 0.309 e. The van der Waals surface area contributed by atoms with Crippen LogP contribution in [0.15, 0.2) is 36.8 Å². The third-order valence-electron chi connectivity index (χ3n) is 7.53. The highest BCUT2D eigenvalue weighted by molar-refractivity contribution is 5.95. The molecule has 2 aromatic rings. The van der Waals surface area contributed by atoms with Gasteiger partial charge in [-0.15, -0.1) is 0 Å². The van der Waals surface area contributed by atoms with Gasteiger partial charge < -0.3 is 5.32 Å². The molecule has 0 spiro atoms. The molecule has 1 aliphatic carbocycles. The summed E-state index contributed by atoms with van der Waals surface area (Å²) in [6.45, 7) is 3.15. The Labute approximate surface area is 202 Å². The molecule has 4 unspecified atom stereocenters. The molecule has 5 rings (SSSR count). The Bertz CT molecular complexity index is 1040. The van der Waals surface area contributed by atoms with Gasteiger partial charge in [0.2, 0.25) is 5.91 Å². The van der Waals surface area contributed by atoms with Gasteiger partial charge in [-0.05, 0) is 74.4 Å². The van der Waals surface area contributed by atoms with Gasteiger partial charge in [0, 0.05) is 37.1 Å². The van der Waals surface area contributed by atoms with Gasteiger partial charge in [-0.2, -0.15) is 13.2 Å². The summed E-state index contributed by atoms with van der Waals surface area (Å²) in [5.41, 5.74) is 7.63. The summed E-state index contributed by atoms with van der Waals surface area (Å²) in [5.74, 6) is -0.760. The molecule has 2 saturated heterocycles. The van der Waals surface area contributed by atoms with E-state index in [2.05, 4.69) is 37.1 Å². The minimum atomic E-state index is -4.59. The van der Waals surface area contributed by atoms with Crippen molar-refractivity contribution in [2.75, 3.05) is 18.4 Å². The molecule has 0 radical (unpaired) electrons. The van der Waals surface area contributed by atoms with Crippen LogP contribution in [0.3, 0.4) is 0 Å². The first-order valence-electron chi connectivity index (χ1n) is 12.4. The lowest BCUT2D eigenvalue weighted by atomic mass is 9.73. The maximum atomic E-state index is 13.3. The summed E-state index contributed by atoms with van der Waals surface area (Å²) in [5, 5.41) is 2.41. The summed E-state index contributed by atoms with van der Waals surface area (Å²) < 4.78 is 40.0. The number of carbonyl (C=O) groups is 1. The minimum absolute atomic E-state index is 0.0439. The maximum absolute atomic E-state index is 13.3. The number of pyridine rings is 2. The quantitative estimate of drug-likeness (QED) is 0.593. The van der Waals surface area contributed by atoms with Crippen molar-refractivity contribution in [3.8, 4) is 0 Å². The van der Waals surface area contributed by atoms with Crippen LogP contribution in [0, 0.1) is 5.92 Å². The van der Waals surface area contributed by atoms with Crippen molar-refractivity contribution in [2.45, 2.75) is 69.2 Å². The minimum Gasteiger partial charge on any atom is -0.309 e. The Balaban J connectivity index is 1.27. The lowest BCUT2D eigenvalue weighted by molar-refractivity contribution is -0.137. The van der Waals surface area contributed by atoms with Gasteiger partial charge >= 0.3 is 6.18 Å². The van der Waals surface area contributed by atoms with E-state index in [1.165, 1.54) is 42.7 Å². The monoisotopic (exact) mass is 488 g/mol. The van der Waals surface area contributed by atoms with Gasteiger partial charge in [-0.3, -0.25) is 20.1 Å². The van der Waals surface area contributed by atoms with Crippen molar-refractivity contribution >= 4 is 11.7 Å².